The van der Waals surface area contributed by atoms with Crippen molar-refractivity contribution in [3.05, 3.63) is 59.7 Å². The summed E-state index contributed by atoms with van der Waals surface area (Å²) in [7, 11) is 1.72. The lowest BCUT2D eigenvalue weighted by molar-refractivity contribution is 0.248. The van der Waals surface area contributed by atoms with Crippen LogP contribution in [0.25, 0.3) is 0 Å². The van der Waals surface area contributed by atoms with Crippen LogP contribution >= 0.6 is 0 Å². The zero-order valence-corrected chi connectivity index (χ0v) is 14.1. The molecule has 0 amide bonds. The van der Waals surface area contributed by atoms with Gasteiger partial charge in [0, 0.05) is 32.7 Å². The summed E-state index contributed by atoms with van der Waals surface area (Å²) in [5.41, 5.74) is 3.58. The van der Waals surface area contributed by atoms with E-state index in [1.165, 1.54) is 11.3 Å². The van der Waals surface area contributed by atoms with Crippen molar-refractivity contribution in [1.29, 1.82) is 5.26 Å². The highest BCUT2D eigenvalue weighted by molar-refractivity contribution is 5.58. The van der Waals surface area contributed by atoms with Gasteiger partial charge in [-0.2, -0.15) is 5.26 Å². The fourth-order valence-corrected chi connectivity index (χ4v) is 3.25. The molecule has 0 bridgehead atoms. The van der Waals surface area contributed by atoms with Crippen molar-refractivity contribution in [2.24, 2.45) is 0 Å². The van der Waals surface area contributed by atoms with E-state index in [0.29, 0.717) is 6.42 Å². The number of rotatable bonds is 5. The van der Waals surface area contributed by atoms with E-state index in [9.17, 15) is 0 Å². The van der Waals surface area contributed by atoms with E-state index in [2.05, 4.69) is 46.2 Å². The van der Waals surface area contributed by atoms with Crippen molar-refractivity contribution >= 4 is 5.69 Å². The van der Waals surface area contributed by atoms with Crippen LogP contribution in [0, 0.1) is 11.3 Å². The first-order valence-electron chi connectivity index (χ1n) is 8.36. The first-order chi connectivity index (χ1) is 11.8. The molecule has 124 valence electrons. The first-order valence-corrected chi connectivity index (χ1v) is 8.36. The second-order valence-corrected chi connectivity index (χ2v) is 6.04. The molecule has 2 aromatic carbocycles. The molecule has 0 aromatic heterocycles. The minimum absolute atomic E-state index is 0.483. The molecule has 1 aliphatic heterocycles. The third-order valence-electron chi connectivity index (χ3n) is 4.58. The largest absolute Gasteiger partial charge is 0.495 e. The summed E-state index contributed by atoms with van der Waals surface area (Å²) in [4.78, 5) is 4.85. The Bertz CT molecular complexity index is 715. The summed E-state index contributed by atoms with van der Waals surface area (Å²) in [5, 5.41) is 8.98. The fourth-order valence-electron chi connectivity index (χ4n) is 3.25. The van der Waals surface area contributed by atoms with Gasteiger partial charge in [0.25, 0.3) is 0 Å². The van der Waals surface area contributed by atoms with Crippen molar-refractivity contribution < 1.29 is 4.74 Å². The molecule has 0 atom stereocenters. The lowest BCUT2D eigenvalue weighted by Gasteiger charge is -2.36. The van der Waals surface area contributed by atoms with Crippen LogP contribution < -0.4 is 9.64 Å². The smallest absolute Gasteiger partial charge is 0.142 e. The van der Waals surface area contributed by atoms with E-state index >= 15 is 0 Å². The highest BCUT2D eigenvalue weighted by Gasteiger charge is 2.20. The third kappa shape index (κ3) is 3.69. The monoisotopic (exact) mass is 321 g/mol. The summed E-state index contributed by atoms with van der Waals surface area (Å²) in [6, 6.07) is 18.7. The molecule has 2 aromatic rings. The molecule has 0 unspecified atom stereocenters. The lowest BCUT2D eigenvalue weighted by atomic mass is 10.0. The van der Waals surface area contributed by atoms with Gasteiger partial charge in [0.1, 0.15) is 5.75 Å². The Kier molecular flexibility index (Phi) is 5.35. The quantitative estimate of drug-likeness (QED) is 0.848. The molecule has 0 spiro atoms. The molecule has 1 aliphatic rings. The lowest BCUT2D eigenvalue weighted by Crippen LogP contribution is -2.46. The van der Waals surface area contributed by atoms with Gasteiger partial charge in [-0.25, -0.2) is 0 Å². The average molecular weight is 321 g/mol. The number of methoxy groups -OCH3 is 1. The van der Waals surface area contributed by atoms with Gasteiger partial charge in [0.2, 0.25) is 0 Å². The maximum absolute atomic E-state index is 8.98. The van der Waals surface area contributed by atoms with Gasteiger partial charge in [0.05, 0.1) is 25.3 Å². The fraction of sp³-hybridized carbons (Fsp3) is 0.350. The van der Waals surface area contributed by atoms with Crippen molar-refractivity contribution in [3.63, 3.8) is 0 Å². The zero-order valence-electron chi connectivity index (χ0n) is 14.1. The zero-order chi connectivity index (χ0) is 16.8. The number of nitriles is 1. The number of anilines is 1. The number of piperazine rings is 1. The number of benzene rings is 2. The van der Waals surface area contributed by atoms with Crippen LogP contribution in [0.15, 0.2) is 48.5 Å². The minimum Gasteiger partial charge on any atom is -0.495 e. The molecule has 1 fully saturated rings. The number of hydrogen-bond acceptors (Lipinski definition) is 4. The average Bonchev–Trinajstić information content (AvgIpc) is 2.64. The van der Waals surface area contributed by atoms with E-state index in [4.69, 9.17) is 10.00 Å². The predicted octanol–water partition coefficient (Wildman–Crippen LogP) is 3.08. The molecule has 0 N–H and O–H groups in total. The van der Waals surface area contributed by atoms with Gasteiger partial charge < -0.3 is 9.64 Å². The number of hydrogen-bond donors (Lipinski definition) is 0. The van der Waals surface area contributed by atoms with Gasteiger partial charge >= 0.3 is 0 Å². The summed E-state index contributed by atoms with van der Waals surface area (Å²) < 4.78 is 5.48. The Hall–Kier alpha value is -2.51. The molecule has 1 heterocycles. The van der Waals surface area contributed by atoms with E-state index in [1.807, 2.05) is 18.2 Å². The summed E-state index contributed by atoms with van der Waals surface area (Å²) in [6.07, 6.45) is 0.483. The Morgan fingerprint density at radius 1 is 0.958 bits per heavy atom. The number of ether oxygens (including phenoxy) is 1. The standard InChI is InChI=1S/C20H23N3O/c1-24-20-9-5-4-8-19(20)23-14-12-22(13-15-23)16-18-7-3-2-6-17(18)10-11-21/h2-9H,10,12-16H2,1H3. The van der Waals surface area contributed by atoms with E-state index < -0.39 is 0 Å². The van der Waals surface area contributed by atoms with Gasteiger partial charge in [-0.15, -0.1) is 0 Å². The second-order valence-electron chi connectivity index (χ2n) is 6.04. The molecule has 0 radical (unpaired) electrons. The molecule has 3 rings (SSSR count). The van der Waals surface area contributed by atoms with Crippen molar-refractivity contribution in [2.45, 2.75) is 13.0 Å². The predicted molar refractivity (Wildman–Crippen MR) is 96.2 cm³/mol. The molecular weight excluding hydrogens is 298 g/mol. The van der Waals surface area contributed by atoms with Crippen molar-refractivity contribution in [2.75, 3.05) is 38.2 Å². The summed E-state index contributed by atoms with van der Waals surface area (Å²) in [6.45, 7) is 4.91. The molecular formula is C20H23N3O. The second kappa shape index (κ2) is 7.85. The van der Waals surface area contributed by atoms with Crippen LogP contribution in [0.4, 0.5) is 5.69 Å². The van der Waals surface area contributed by atoms with Gasteiger partial charge in [-0.05, 0) is 23.3 Å². The van der Waals surface area contributed by atoms with E-state index in [1.54, 1.807) is 7.11 Å². The van der Waals surface area contributed by atoms with Crippen LogP contribution in [0.3, 0.4) is 0 Å². The van der Waals surface area contributed by atoms with Crippen molar-refractivity contribution in [3.8, 4) is 11.8 Å². The minimum atomic E-state index is 0.483. The third-order valence-corrected chi connectivity index (χ3v) is 4.58. The molecule has 24 heavy (non-hydrogen) atoms. The van der Waals surface area contributed by atoms with Crippen LogP contribution in [0.2, 0.25) is 0 Å². The summed E-state index contributed by atoms with van der Waals surface area (Å²) >= 11 is 0. The van der Waals surface area contributed by atoms with E-state index in [0.717, 1.165) is 44.0 Å². The Balaban J connectivity index is 1.63. The van der Waals surface area contributed by atoms with Crippen LogP contribution in [0.5, 0.6) is 5.75 Å². The van der Waals surface area contributed by atoms with Crippen molar-refractivity contribution in [1.82, 2.24) is 4.90 Å². The van der Waals surface area contributed by atoms with Crippen LogP contribution in [0.1, 0.15) is 11.1 Å². The van der Waals surface area contributed by atoms with Crippen LogP contribution in [-0.2, 0) is 13.0 Å². The first kappa shape index (κ1) is 16.4. The Morgan fingerprint density at radius 3 is 2.33 bits per heavy atom. The SMILES string of the molecule is COc1ccccc1N1CCN(Cc2ccccc2CC#N)CC1. The molecule has 4 nitrogen and oxygen atoms in total. The maximum Gasteiger partial charge on any atom is 0.142 e. The normalized spacial score (nSPS) is 15.1. The maximum atomic E-state index is 8.98. The van der Waals surface area contributed by atoms with Gasteiger partial charge in [-0.1, -0.05) is 36.4 Å². The highest BCUT2D eigenvalue weighted by Crippen LogP contribution is 2.28. The van der Waals surface area contributed by atoms with E-state index in [-0.39, 0.29) is 0 Å². The topological polar surface area (TPSA) is 39.5 Å². The Morgan fingerprint density at radius 2 is 1.62 bits per heavy atom. The van der Waals surface area contributed by atoms with Crippen LogP contribution in [-0.4, -0.2) is 38.2 Å². The molecule has 1 saturated heterocycles. The molecule has 0 saturated carbocycles. The highest BCUT2D eigenvalue weighted by atomic mass is 16.5. The summed E-state index contributed by atoms with van der Waals surface area (Å²) in [5.74, 6) is 0.935. The van der Waals surface area contributed by atoms with Gasteiger partial charge in [-0.3, -0.25) is 4.90 Å². The number of nitrogens with zero attached hydrogens (tertiary/aromatic N) is 3. The Labute approximate surface area is 143 Å². The molecule has 4 heteroatoms. The number of para-hydroxylation sites is 2. The molecule has 0 aliphatic carbocycles. The van der Waals surface area contributed by atoms with Gasteiger partial charge in [0.15, 0.2) is 0 Å².